The molecule has 0 spiro atoms. The van der Waals surface area contributed by atoms with Crippen LogP contribution in [-0.2, 0) is 13.5 Å². The van der Waals surface area contributed by atoms with Crippen LogP contribution < -0.4 is 11.1 Å². The molecule has 8 heteroatoms. The third-order valence-electron chi connectivity index (χ3n) is 3.00. The molecule has 0 saturated carbocycles. The number of aromatic nitrogens is 2. The molecule has 3 N–H and O–H groups in total. The van der Waals surface area contributed by atoms with Crippen molar-refractivity contribution in [3.63, 3.8) is 0 Å². The Balaban J connectivity index is 2.48. The van der Waals surface area contributed by atoms with Crippen molar-refractivity contribution < 1.29 is 4.92 Å². The van der Waals surface area contributed by atoms with Crippen LogP contribution in [0.15, 0.2) is 18.2 Å². The van der Waals surface area contributed by atoms with Gasteiger partial charge in [0.1, 0.15) is 5.69 Å². The van der Waals surface area contributed by atoms with Gasteiger partial charge in [0, 0.05) is 12.7 Å². The summed E-state index contributed by atoms with van der Waals surface area (Å²) in [5.74, 6) is 0.288. The van der Waals surface area contributed by atoms with E-state index in [0.29, 0.717) is 28.5 Å². The summed E-state index contributed by atoms with van der Waals surface area (Å²) >= 11 is 6.08. The maximum absolute atomic E-state index is 11.3. The van der Waals surface area contributed by atoms with Gasteiger partial charge in [-0.2, -0.15) is 5.10 Å². The van der Waals surface area contributed by atoms with E-state index in [-0.39, 0.29) is 11.5 Å². The maximum atomic E-state index is 11.3. The standard InChI is InChI=1S/C13H16ClN5O2/c1-3-4-10-12(19(20)21)13(18(2)17-10)16-11-7-8(15)5-6-9(11)14/h5-7,16H,3-4,15H2,1-2H3. The number of nitro groups is 1. The van der Waals surface area contributed by atoms with Crippen molar-refractivity contribution in [2.45, 2.75) is 19.8 Å². The Morgan fingerprint density at radius 3 is 2.86 bits per heavy atom. The highest BCUT2D eigenvalue weighted by Gasteiger charge is 2.26. The van der Waals surface area contributed by atoms with Gasteiger partial charge < -0.3 is 11.1 Å². The molecule has 7 nitrogen and oxygen atoms in total. The summed E-state index contributed by atoms with van der Waals surface area (Å²) in [7, 11) is 1.65. The van der Waals surface area contributed by atoms with Crippen LogP contribution in [0.4, 0.5) is 22.9 Å². The lowest BCUT2D eigenvalue weighted by Gasteiger charge is -2.08. The first kappa shape index (κ1) is 15.1. The van der Waals surface area contributed by atoms with Crippen molar-refractivity contribution in [3.05, 3.63) is 39.0 Å². The lowest BCUT2D eigenvalue weighted by Crippen LogP contribution is -2.02. The number of hydrogen-bond acceptors (Lipinski definition) is 5. The first-order valence-corrected chi connectivity index (χ1v) is 6.84. The fourth-order valence-electron chi connectivity index (χ4n) is 2.07. The van der Waals surface area contributed by atoms with Crippen LogP contribution >= 0.6 is 11.6 Å². The van der Waals surface area contributed by atoms with Crippen molar-refractivity contribution in [2.75, 3.05) is 11.1 Å². The second-order valence-corrected chi connectivity index (χ2v) is 5.05. The summed E-state index contributed by atoms with van der Waals surface area (Å²) in [6.07, 6.45) is 1.31. The van der Waals surface area contributed by atoms with E-state index >= 15 is 0 Å². The molecule has 21 heavy (non-hydrogen) atoms. The zero-order valence-corrected chi connectivity index (χ0v) is 12.5. The number of aryl methyl sites for hydroxylation is 2. The third kappa shape index (κ3) is 3.08. The molecular weight excluding hydrogens is 294 g/mol. The third-order valence-corrected chi connectivity index (χ3v) is 3.33. The molecule has 0 aliphatic heterocycles. The summed E-state index contributed by atoms with van der Waals surface area (Å²) in [6, 6.07) is 4.92. The smallest absolute Gasteiger partial charge is 0.334 e. The fraction of sp³-hybridized carbons (Fsp3) is 0.308. The molecule has 1 aromatic heterocycles. The molecule has 0 bridgehead atoms. The molecule has 0 aliphatic rings. The van der Waals surface area contributed by atoms with Gasteiger partial charge >= 0.3 is 5.69 Å². The largest absolute Gasteiger partial charge is 0.399 e. The predicted octanol–water partition coefficient (Wildman–Crippen LogP) is 3.26. The van der Waals surface area contributed by atoms with E-state index in [0.717, 1.165) is 6.42 Å². The van der Waals surface area contributed by atoms with Crippen LogP contribution in [0.1, 0.15) is 19.0 Å². The number of nitrogens with zero attached hydrogens (tertiary/aromatic N) is 3. The Labute approximate surface area is 126 Å². The first-order chi connectivity index (χ1) is 9.93. The molecule has 1 aromatic carbocycles. The van der Waals surface area contributed by atoms with Crippen molar-refractivity contribution in [1.82, 2.24) is 9.78 Å². The van der Waals surface area contributed by atoms with E-state index in [1.54, 1.807) is 25.2 Å². The minimum atomic E-state index is -0.430. The number of anilines is 3. The summed E-state index contributed by atoms with van der Waals surface area (Å²) in [4.78, 5) is 10.9. The summed E-state index contributed by atoms with van der Waals surface area (Å²) in [6.45, 7) is 1.94. The zero-order chi connectivity index (χ0) is 15.6. The highest BCUT2D eigenvalue weighted by atomic mass is 35.5. The van der Waals surface area contributed by atoms with Crippen LogP contribution in [0.2, 0.25) is 5.02 Å². The van der Waals surface area contributed by atoms with Gasteiger partial charge in [-0.3, -0.25) is 10.1 Å². The SMILES string of the molecule is CCCc1nn(C)c(Nc2cc(N)ccc2Cl)c1[N+](=O)[O-]. The molecule has 0 amide bonds. The molecule has 0 fully saturated rings. The zero-order valence-electron chi connectivity index (χ0n) is 11.8. The van der Waals surface area contributed by atoms with Gasteiger partial charge in [-0.15, -0.1) is 0 Å². The van der Waals surface area contributed by atoms with Gasteiger partial charge in [0.2, 0.25) is 5.82 Å². The second-order valence-electron chi connectivity index (χ2n) is 4.64. The number of halogens is 1. The van der Waals surface area contributed by atoms with E-state index in [4.69, 9.17) is 17.3 Å². The fourth-order valence-corrected chi connectivity index (χ4v) is 2.24. The minimum Gasteiger partial charge on any atom is -0.399 e. The van der Waals surface area contributed by atoms with Crippen molar-refractivity contribution >= 4 is 34.5 Å². The summed E-state index contributed by atoms with van der Waals surface area (Å²) in [5.41, 5.74) is 7.16. The van der Waals surface area contributed by atoms with Gasteiger partial charge in [0.15, 0.2) is 0 Å². The lowest BCUT2D eigenvalue weighted by molar-refractivity contribution is -0.384. The molecule has 0 atom stereocenters. The molecule has 2 rings (SSSR count). The normalized spacial score (nSPS) is 10.6. The quantitative estimate of drug-likeness (QED) is 0.501. The second kappa shape index (κ2) is 6.01. The molecule has 1 heterocycles. The summed E-state index contributed by atoms with van der Waals surface area (Å²) in [5, 5.41) is 18.9. The molecule has 2 aromatic rings. The van der Waals surface area contributed by atoms with E-state index in [1.165, 1.54) is 4.68 Å². The van der Waals surface area contributed by atoms with Gasteiger partial charge in [0.05, 0.1) is 15.6 Å². The highest BCUT2D eigenvalue weighted by Crippen LogP contribution is 2.34. The van der Waals surface area contributed by atoms with E-state index < -0.39 is 4.92 Å². The van der Waals surface area contributed by atoms with Crippen molar-refractivity contribution in [1.29, 1.82) is 0 Å². The topological polar surface area (TPSA) is 99.0 Å². The van der Waals surface area contributed by atoms with Gasteiger partial charge in [-0.05, 0) is 24.6 Å². The van der Waals surface area contributed by atoms with Crippen LogP contribution in [0.3, 0.4) is 0 Å². The van der Waals surface area contributed by atoms with Crippen LogP contribution in [0, 0.1) is 10.1 Å². The van der Waals surface area contributed by atoms with E-state index in [9.17, 15) is 10.1 Å². The Morgan fingerprint density at radius 1 is 1.52 bits per heavy atom. The Bertz CT molecular complexity index is 683. The summed E-state index contributed by atoms with van der Waals surface area (Å²) < 4.78 is 1.45. The Hall–Kier alpha value is -2.28. The van der Waals surface area contributed by atoms with Gasteiger partial charge in [-0.25, -0.2) is 4.68 Å². The number of rotatable bonds is 5. The molecule has 0 saturated heterocycles. The molecular formula is C13H16ClN5O2. The monoisotopic (exact) mass is 309 g/mol. The lowest BCUT2D eigenvalue weighted by atomic mass is 10.2. The van der Waals surface area contributed by atoms with Crippen molar-refractivity contribution in [3.8, 4) is 0 Å². The number of hydrogen-bond donors (Lipinski definition) is 2. The molecule has 0 radical (unpaired) electrons. The van der Waals surface area contributed by atoms with Crippen molar-refractivity contribution in [2.24, 2.45) is 7.05 Å². The number of nitrogens with two attached hydrogens (primary N) is 1. The van der Waals surface area contributed by atoms with E-state index in [2.05, 4.69) is 10.4 Å². The Kier molecular flexibility index (Phi) is 4.32. The first-order valence-electron chi connectivity index (χ1n) is 6.46. The molecule has 0 aliphatic carbocycles. The van der Waals surface area contributed by atoms with Crippen LogP contribution in [-0.4, -0.2) is 14.7 Å². The number of benzene rings is 1. The Morgan fingerprint density at radius 2 is 2.24 bits per heavy atom. The van der Waals surface area contributed by atoms with Gasteiger partial charge in [-0.1, -0.05) is 24.9 Å². The van der Waals surface area contributed by atoms with Gasteiger partial charge in [0.25, 0.3) is 0 Å². The average Bonchev–Trinajstić information content (AvgIpc) is 2.71. The predicted molar refractivity (Wildman–Crippen MR) is 83.0 cm³/mol. The molecule has 0 unspecified atom stereocenters. The number of nitrogen functional groups attached to an aromatic ring is 1. The highest BCUT2D eigenvalue weighted by molar-refractivity contribution is 6.33. The molecule has 112 valence electrons. The average molecular weight is 310 g/mol. The van der Waals surface area contributed by atoms with E-state index in [1.807, 2.05) is 6.92 Å². The number of nitrogens with one attached hydrogen (secondary N) is 1. The van der Waals surface area contributed by atoms with Crippen LogP contribution in [0.25, 0.3) is 0 Å². The maximum Gasteiger partial charge on any atom is 0.334 e. The minimum absolute atomic E-state index is 0.0298. The van der Waals surface area contributed by atoms with Crippen LogP contribution in [0.5, 0.6) is 0 Å².